The predicted molar refractivity (Wildman–Crippen MR) is 71.7 cm³/mol. The average Bonchev–Trinajstić information content (AvgIpc) is 2.39. The highest BCUT2D eigenvalue weighted by Crippen LogP contribution is 2.37. The molecule has 1 aromatic heterocycles. The van der Waals surface area contributed by atoms with Crippen LogP contribution < -0.4 is 5.32 Å². The van der Waals surface area contributed by atoms with Crippen molar-refractivity contribution in [1.29, 1.82) is 0 Å². The van der Waals surface area contributed by atoms with Gasteiger partial charge in [-0.25, -0.2) is 4.98 Å². The molecule has 2 aromatic rings. The van der Waals surface area contributed by atoms with E-state index in [9.17, 15) is 26.3 Å². The molecule has 22 heavy (non-hydrogen) atoms. The summed E-state index contributed by atoms with van der Waals surface area (Å²) < 4.78 is 76.6. The SMILES string of the molecule is FC(F)(F)c1ccc(Br)c(Nc2ccccc2C(F)(F)F)n1. The summed E-state index contributed by atoms with van der Waals surface area (Å²) in [5.74, 6) is -0.355. The fourth-order valence-corrected chi connectivity index (χ4v) is 1.97. The Hall–Kier alpha value is -1.77. The molecule has 2 rings (SSSR count). The molecule has 0 fully saturated rings. The lowest BCUT2D eigenvalue weighted by atomic mass is 10.1. The number of nitrogens with zero attached hydrogens (tertiary/aromatic N) is 1. The van der Waals surface area contributed by atoms with Gasteiger partial charge < -0.3 is 5.32 Å². The molecule has 0 atom stereocenters. The normalized spacial score (nSPS) is 12.3. The molecule has 1 heterocycles. The molecule has 0 aliphatic heterocycles. The van der Waals surface area contributed by atoms with Crippen LogP contribution in [0.5, 0.6) is 0 Å². The van der Waals surface area contributed by atoms with E-state index in [2.05, 4.69) is 26.2 Å². The van der Waals surface area contributed by atoms with Crippen molar-refractivity contribution in [2.24, 2.45) is 0 Å². The van der Waals surface area contributed by atoms with E-state index in [1.807, 2.05) is 0 Å². The van der Waals surface area contributed by atoms with Crippen molar-refractivity contribution in [2.45, 2.75) is 12.4 Å². The van der Waals surface area contributed by atoms with Crippen molar-refractivity contribution in [3.8, 4) is 0 Å². The number of para-hydroxylation sites is 1. The molecule has 0 aliphatic carbocycles. The van der Waals surface area contributed by atoms with Gasteiger partial charge in [-0.2, -0.15) is 26.3 Å². The number of hydrogen-bond donors (Lipinski definition) is 1. The molecule has 2 nitrogen and oxygen atoms in total. The summed E-state index contributed by atoms with van der Waals surface area (Å²) in [6, 6.07) is 6.24. The number of rotatable bonds is 2. The fourth-order valence-electron chi connectivity index (χ4n) is 1.65. The molecule has 0 radical (unpaired) electrons. The maximum atomic E-state index is 12.9. The highest BCUT2D eigenvalue weighted by atomic mass is 79.9. The predicted octanol–water partition coefficient (Wildman–Crippen LogP) is 5.63. The lowest BCUT2D eigenvalue weighted by Gasteiger charge is -2.15. The molecule has 0 amide bonds. The monoisotopic (exact) mass is 384 g/mol. The minimum atomic E-state index is -4.69. The summed E-state index contributed by atoms with van der Waals surface area (Å²) in [6.45, 7) is 0. The van der Waals surface area contributed by atoms with E-state index in [-0.39, 0.29) is 16.0 Å². The molecule has 9 heteroatoms. The molecular formula is C13H7BrF6N2. The van der Waals surface area contributed by atoms with Crippen LogP contribution in [0.2, 0.25) is 0 Å². The lowest BCUT2D eigenvalue weighted by molar-refractivity contribution is -0.141. The number of alkyl halides is 6. The van der Waals surface area contributed by atoms with E-state index in [0.29, 0.717) is 0 Å². The largest absolute Gasteiger partial charge is 0.433 e. The number of benzene rings is 1. The molecule has 0 saturated carbocycles. The fraction of sp³-hybridized carbons (Fsp3) is 0.154. The van der Waals surface area contributed by atoms with Crippen LogP contribution in [0, 0.1) is 0 Å². The van der Waals surface area contributed by atoms with Crippen LogP contribution in [0.3, 0.4) is 0 Å². The van der Waals surface area contributed by atoms with Gasteiger partial charge in [0.1, 0.15) is 11.5 Å². The van der Waals surface area contributed by atoms with Crippen molar-refractivity contribution in [3.05, 3.63) is 52.1 Å². The molecular weight excluding hydrogens is 378 g/mol. The maximum Gasteiger partial charge on any atom is 0.433 e. The van der Waals surface area contributed by atoms with Crippen LogP contribution in [0.25, 0.3) is 0 Å². The Morgan fingerprint density at radius 2 is 1.50 bits per heavy atom. The summed E-state index contributed by atoms with van der Waals surface area (Å²) in [5.41, 5.74) is -2.59. The number of pyridine rings is 1. The van der Waals surface area contributed by atoms with Gasteiger partial charge in [-0.15, -0.1) is 0 Å². The number of halogens is 7. The second-order valence-corrected chi connectivity index (χ2v) is 5.05. The Morgan fingerprint density at radius 1 is 0.864 bits per heavy atom. The van der Waals surface area contributed by atoms with E-state index in [1.165, 1.54) is 12.1 Å². The first-order valence-corrected chi connectivity index (χ1v) is 6.55. The van der Waals surface area contributed by atoms with Crippen LogP contribution in [0.15, 0.2) is 40.9 Å². The minimum absolute atomic E-state index is 0.109. The van der Waals surface area contributed by atoms with Gasteiger partial charge in [0.2, 0.25) is 0 Å². The van der Waals surface area contributed by atoms with Gasteiger partial charge in [0, 0.05) is 0 Å². The first-order valence-electron chi connectivity index (χ1n) is 5.76. The van der Waals surface area contributed by atoms with E-state index in [0.717, 1.165) is 24.3 Å². The van der Waals surface area contributed by atoms with Crippen molar-refractivity contribution in [3.63, 3.8) is 0 Å². The van der Waals surface area contributed by atoms with Gasteiger partial charge in [-0.05, 0) is 40.2 Å². The number of nitrogens with one attached hydrogen (secondary N) is 1. The van der Waals surface area contributed by atoms with E-state index in [4.69, 9.17) is 0 Å². The average molecular weight is 385 g/mol. The molecule has 1 aromatic carbocycles. The molecule has 0 aliphatic rings. The summed E-state index contributed by atoms with van der Waals surface area (Å²) in [7, 11) is 0. The Labute approximate surface area is 129 Å². The smallest absolute Gasteiger partial charge is 0.339 e. The topological polar surface area (TPSA) is 24.9 Å². The van der Waals surface area contributed by atoms with E-state index < -0.39 is 23.6 Å². The molecule has 0 saturated heterocycles. The zero-order chi connectivity index (χ0) is 16.5. The van der Waals surface area contributed by atoms with Crippen LogP contribution in [0.1, 0.15) is 11.3 Å². The van der Waals surface area contributed by atoms with Crippen LogP contribution in [-0.2, 0) is 12.4 Å². The van der Waals surface area contributed by atoms with Crippen LogP contribution in [-0.4, -0.2) is 4.98 Å². The Morgan fingerprint density at radius 3 is 2.09 bits per heavy atom. The lowest BCUT2D eigenvalue weighted by Crippen LogP contribution is -2.12. The molecule has 0 unspecified atom stereocenters. The summed E-state index contributed by atoms with van der Waals surface area (Å²) in [6.07, 6.45) is -9.33. The van der Waals surface area contributed by atoms with Gasteiger partial charge in [0.15, 0.2) is 0 Å². The quantitative estimate of drug-likeness (QED) is 0.679. The van der Waals surface area contributed by atoms with Crippen molar-refractivity contribution < 1.29 is 26.3 Å². The molecule has 0 bridgehead atoms. The number of anilines is 2. The van der Waals surface area contributed by atoms with Crippen molar-refractivity contribution in [2.75, 3.05) is 5.32 Å². The minimum Gasteiger partial charge on any atom is -0.339 e. The van der Waals surface area contributed by atoms with Gasteiger partial charge in [-0.3, -0.25) is 0 Å². The van der Waals surface area contributed by atoms with Gasteiger partial charge in [0.25, 0.3) is 0 Å². The molecule has 118 valence electrons. The summed E-state index contributed by atoms with van der Waals surface area (Å²) >= 11 is 2.96. The van der Waals surface area contributed by atoms with Crippen molar-refractivity contribution in [1.82, 2.24) is 4.98 Å². The highest BCUT2D eigenvalue weighted by molar-refractivity contribution is 9.10. The first-order chi connectivity index (χ1) is 10.1. The Balaban J connectivity index is 2.44. The zero-order valence-corrected chi connectivity index (χ0v) is 12.1. The Bertz CT molecular complexity index is 681. The Kier molecular flexibility index (Phi) is 4.37. The van der Waals surface area contributed by atoms with Gasteiger partial charge in [0.05, 0.1) is 15.7 Å². The summed E-state index contributed by atoms with van der Waals surface area (Å²) in [4.78, 5) is 3.31. The number of aromatic nitrogens is 1. The number of hydrogen-bond acceptors (Lipinski definition) is 2. The summed E-state index contributed by atoms with van der Waals surface area (Å²) in [5, 5.41) is 2.28. The van der Waals surface area contributed by atoms with Crippen LogP contribution >= 0.6 is 15.9 Å². The third-order valence-electron chi connectivity index (χ3n) is 2.62. The first kappa shape index (κ1) is 16.6. The van der Waals surface area contributed by atoms with Crippen molar-refractivity contribution >= 4 is 27.4 Å². The maximum absolute atomic E-state index is 12.9. The van der Waals surface area contributed by atoms with Gasteiger partial charge in [-0.1, -0.05) is 12.1 Å². The van der Waals surface area contributed by atoms with Crippen LogP contribution in [0.4, 0.5) is 37.8 Å². The standard InChI is InChI=1S/C13H7BrF6N2/c14-8-5-6-10(13(18,19)20)22-11(8)21-9-4-2-1-3-7(9)12(15,16)17/h1-6H,(H,21,22). The third-order valence-corrected chi connectivity index (χ3v) is 3.26. The second-order valence-electron chi connectivity index (χ2n) is 4.19. The highest BCUT2D eigenvalue weighted by Gasteiger charge is 2.35. The second kappa shape index (κ2) is 5.79. The zero-order valence-electron chi connectivity index (χ0n) is 10.6. The molecule has 1 N–H and O–H groups in total. The van der Waals surface area contributed by atoms with Gasteiger partial charge >= 0.3 is 12.4 Å². The third kappa shape index (κ3) is 3.70. The van der Waals surface area contributed by atoms with E-state index >= 15 is 0 Å². The van der Waals surface area contributed by atoms with E-state index in [1.54, 1.807) is 0 Å². The molecule has 0 spiro atoms.